The van der Waals surface area contributed by atoms with Crippen molar-refractivity contribution in [2.24, 2.45) is 11.7 Å². The molecule has 0 aliphatic heterocycles. The first-order valence-electron chi connectivity index (χ1n) is 6.28. The van der Waals surface area contributed by atoms with Crippen LogP contribution in [-0.2, 0) is 4.74 Å². The number of methoxy groups -OCH3 is 1. The Morgan fingerprint density at radius 1 is 1.35 bits per heavy atom. The van der Waals surface area contributed by atoms with Gasteiger partial charge in [-0.1, -0.05) is 18.2 Å². The summed E-state index contributed by atoms with van der Waals surface area (Å²) in [5, 5.41) is 0. The van der Waals surface area contributed by atoms with E-state index in [0.717, 1.165) is 11.3 Å². The van der Waals surface area contributed by atoms with Crippen LogP contribution < -0.4 is 10.5 Å². The zero-order valence-corrected chi connectivity index (χ0v) is 10.6. The third kappa shape index (κ3) is 2.79. The summed E-state index contributed by atoms with van der Waals surface area (Å²) < 4.78 is 11.2. The van der Waals surface area contributed by atoms with E-state index in [1.54, 1.807) is 7.11 Å². The molecule has 0 spiro atoms. The molecule has 1 aromatic carbocycles. The topological polar surface area (TPSA) is 44.5 Å². The number of rotatable bonds is 6. The Bertz CT molecular complexity index is 363. The zero-order valence-electron chi connectivity index (χ0n) is 10.6. The van der Waals surface area contributed by atoms with E-state index < -0.39 is 0 Å². The summed E-state index contributed by atoms with van der Waals surface area (Å²) in [4.78, 5) is 0. The fourth-order valence-electron chi connectivity index (χ4n) is 2.28. The molecule has 0 bridgehead atoms. The molecule has 1 aliphatic rings. The van der Waals surface area contributed by atoms with Crippen LogP contribution in [0.2, 0.25) is 0 Å². The predicted octanol–water partition coefficient (Wildman–Crippen LogP) is 2.51. The zero-order chi connectivity index (χ0) is 12.3. The molecule has 0 saturated heterocycles. The van der Waals surface area contributed by atoms with Crippen LogP contribution in [0.25, 0.3) is 0 Å². The molecular formula is C14H21NO2. The van der Waals surface area contributed by atoms with Crippen LogP contribution in [0, 0.1) is 5.92 Å². The summed E-state index contributed by atoms with van der Waals surface area (Å²) in [6.07, 6.45) is 2.56. The van der Waals surface area contributed by atoms with Gasteiger partial charge in [-0.25, -0.2) is 0 Å². The first kappa shape index (κ1) is 12.4. The number of hydrogen-bond donors (Lipinski definition) is 1. The molecule has 1 aromatic rings. The molecule has 1 saturated carbocycles. The summed E-state index contributed by atoms with van der Waals surface area (Å²) in [5.41, 5.74) is 7.37. The van der Waals surface area contributed by atoms with E-state index in [4.69, 9.17) is 15.2 Å². The summed E-state index contributed by atoms with van der Waals surface area (Å²) in [6.45, 7) is 2.64. The van der Waals surface area contributed by atoms with Crippen LogP contribution in [-0.4, -0.2) is 19.8 Å². The number of nitrogens with two attached hydrogens (primary N) is 1. The number of hydrogen-bond acceptors (Lipinski definition) is 3. The Morgan fingerprint density at radius 2 is 2.06 bits per heavy atom. The van der Waals surface area contributed by atoms with E-state index in [1.165, 1.54) is 12.8 Å². The molecule has 2 unspecified atom stereocenters. The third-order valence-corrected chi connectivity index (χ3v) is 3.29. The quantitative estimate of drug-likeness (QED) is 0.824. The van der Waals surface area contributed by atoms with Crippen molar-refractivity contribution in [2.45, 2.75) is 31.9 Å². The molecule has 0 heterocycles. The first-order chi connectivity index (χ1) is 8.27. The average Bonchev–Trinajstić information content (AvgIpc) is 3.15. The lowest BCUT2D eigenvalue weighted by atomic mass is 9.98. The third-order valence-electron chi connectivity index (χ3n) is 3.29. The van der Waals surface area contributed by atoms with Gasteiger partial charge in [-0.15, -0.1) is 0 Å². The monoisotopic (exact) mass is 235 g/mol. The minimum absolute atomic E-state index is 0.102. The van der Waals surface area contributed by atoms with Crippen LogP contribution >= 0.6 is 0 Å². The average molecular weight is 235 g/mol. The molecule has 2 atom stereocenters. The highest BCUT2D eigenvalue weighted by atomic mass is 16.5. The highest BCUT2D eigenvalue weighted by Crippen LogP contribution is 2.40. The highest BCUT2D eigenvalue weighted by Gasteiger charge is 2.36. The SMILES string of the molecule is CCOc1ccccc1C(N)C(OC)C1CC1. The Balaban J connectivity index is 2.19. The van der Waals surface area contributed by atoms with Gasteiger partial charge in [0, 0.05) is 12.7 Å². The molecule has 1 fully saturated rings. The minimum atomic E-state index is -0.102. The lowest BCUT2D eigenvalue weighted by Gasteiger charge is -2.24. The summed E-state index contributed by atoms with van der Waals surface area (Å²) in [6, 6.07) is 7.87. The van der Waals surface area contributed by atoms with Gasteiger partial charge < -0.3 is 15.2 Å². The van der Waals surface area contributed by atoms with Gasteiger partial charge in [0.05, 0.1) is 18.8 Å². The van der Waals surface area contributed by atoms with Gasteiger partial charge in [0.25, 0.3) is 0 Å². The van der Waals surface area contributed by atoms with Crippen molar-refractivity contribution < 1.29 is 9.47 Å². The molecular weight excluding hydrogens is 214 g/mol. The van der Waals surface area contributed by atoms with Crippen LogP contribution in [0.4, 0.5) is 0 Å². The molecule has 0 amide bonds. The van der Waals surface area contributed by atoms with Crippen molar-refractivity contribution in [3.8, 4) is 5.75 Å². The van der Waals surface area contributed by atoms with E-state index in [0.29, 0.717) is 12.5 Å². The smallest absolute Gasteiger partial charge is 0.124 e. The largest absolute Gasteiger partial charge is 0.494 e. The number of ether oxygens (including phenoxy) is 2. The molecule has 1 aliphatic carbocycles. The van der Waals surface area contributed by atoms with Crippen molar-refractivity contribution in [3.63, 3.8) is 0 Å². The van der Waals surface area contributed by atoms with E-state index in [9.17, 15) is 0 Å². The Kier molecular flexibility index (Phi) is 4.02. The van der Waals surface area contributed by atoms with Crippen LogP contribution in [0.1, 0.15) is 31.4 Å². The summed E-state index contributed by atoms with van der Waals surface area (Å²) in [7, 11) is 1.74. The standard InChI is InChI=1S/C14H21NO2/c1-3-17-12-7-5-4-6-11(12)13(15)14(16-2)10-8-9-10/h4-7,10,13-14H,3,8-9,15H2,1-2H3. The van der Waals surface area contributed by atoms with E-state index >= 15 is 0 Å². The normalized spacial score (nSPS) is 18.8. The second kappa shape index (κ2) is 5.52. The van der Waals surface area contributed by atoms with Crippen LogP contribution in [0.5, 0.6) is 5.75 Å². The maximum Gasteiger partial charge on any atom is 0.124 e. The van der Waals surface area contributed by atoms with Crippen molar-refractivity contribution in [1.29, 1.82) is 0 Å². The Morgan fingerprint density at radius 3 is 2.65 bits per heavy atom. The maximum absolute atomic E-state index is 6.32. The van der Waals surface area contributed by atoms with Gasteiger partial charge in [0.2, 0.25) is 0 Å². The minimum Gasteiger partial charge on any atom is -0.494 e. The van der Waals surface area contributed by atoms with E-state index in [-0.39, 0.29) is 12.1 Å². The van der Waals surface area contributed by atoms with Gasteiger partial charge in [0.1, 0.15) is 5.75 Å². The summed E-state index contributed by atoms with van der Waals surface area (Å²) in [5.74, 6) is 1.50. The lowest BCUT2D eigenvalue weighted by molar-refractivity contribution is 0.0615. The fourth-order valence-corrected chi connectivity index (χ4v) is 2.28. The van der Waals surface area contributed by atoms with E-state index in [1.807, 2.05) is 31.2 Å². The van der Waals surface area contributed by atoms with E-state index in [2.05, 4.69) is 0 Å². The molecule has 0 aromatic heterocycles. The van der Waals surface area contributed by atoms with Crippen LogP contribution in [0.15, 0.2) is 24.3 Å². The summed E-state index contributed by atoms with van der Waals surface area (Å²) >= 11 is 0. The van der Waals surface area contributed by atoms with Gasteiger partial charge in [-0.3, -0.25) is 0 Å². The van der Waals surface area contributed by atoms with Crippen molar-refractivity contribution >= 4 is 0 Å². The molecule has 3 nitrogen and oxygen atoms in total. The van der Waals surface area contributed by atoms with Crippen molar-refractivity contribution in [3.05, 3.63) is 29.8 Å². The maximum atomic E-state index is 6.32. The molecule has 2 rings (SSSR count). The second-order valence-electron chi connectivity index (χ2n) is 4.53. The number of para-hydroxylation sites is 1. The van der Waals surface area contributed by atoms with Crippen molar-refractivity contribution in [1.82, 2.24) is 0 Å². The van der Waals surface area contributed by atoms with Crippen molar-refractivity contribution in [2.75, 3.05) is 13.7 Å². The van der Waals surface area contributed by atoms with Crippen LogP contribution in [0.3, 0.4) is 0 Å². The molecule has 17 heavy (non-hydrogen) atoms. The molecule has 0 radical (unpaired) electrons. The molecule has 3 heteroatoms. The van der Waals surface area contributed by atoms with Gasteiger partial charge >= 0.3 is 0 Å². The highest BCUT2D eigenvalue weighted by molar-refractivity contribution is 5.36. The van der Waals surface area contributed by atoms with Gasteiger partial charge in [0.15, 0.2) is 0 Å². The molecule has 94 valence electrons. The lowest BCUT2D eigenvalue weighted by Crippen LogP contribution is -2.30. The Labute approximate surface area is 103 Å². The van der Waals surface area contributed by atoms with Gasteiger partial charge in [-0.05, 0) is 31.7 Å². The second-order valence-corrected chi connectivity index (χ2v) is 4.53. The fraction of sp³-hybridized carbons (Fsp3) is 0.571. The molecule has 2 N–H and O–H groups in total. The van der Waals surface area contributed by atoms with Gasteiger partial charge in [-0.2, -0.15) is 0 Å². The first-order valence-corrected chi connectivity index (χ1v) is 6.28. The predicted molar refractivity (Wildman–Crippen MR) is 68.1 cm³/mol. The number of benzene rings is 1. The Hall–Kier alpha value is -1.06.